The Bertz CT molecular complexity index is 1250. The van der Waals surface area contributed by atoms with Crippen molar-refractivity contribution in [3.05, 3.63) is 65.2 Å². The van der Waals surface area contributed by atoms with Crippen molar-refractivity contribution in [2.24, 2.45) is 0 Å². The second-order valence-corrected chi connectivity index (χ2v) is 9.05. The molecule has 4 rings (SSSR count). The van der Waals surface area contributed by atoms with Gasteiger partial charge in [-0.25, -0.2) is 9.48 Å². The molecule has 3 aromatic rings. The minimum atomic E-state index is -4.87. The molecule has 38 heavy (non-hydrogen) atoms. The number of amides is 2. The summed E-state index contributed by atoms with van der Waals surface area (Å²) in [5.74, 6) is 0.382. The number of carbonyl (C=O) groups is 1. The first-order chi connectivity index (χ1) is 18.1. The Morgan fingerprint density at radius 1 is 1.18 bits per heavy atom. The van der Waals surface area contributed by atoms with Crippen LogP contribution in [-0.2, 0) is 17.9 Å². The summed E-state index contributed by atoms with van der Waals surface area (Å²) < 4.78 is 55.6. The number of nitrogens with one attached hydrogen (secondary N) is 2. The van der Waals surface area contributed by atoms with Crippen molar-refractivity contribution in [3.8, 4) is 17.3 Å². The van der Waals surface area contributed by atoms with Gasteiger partial charge in [-0.05, 0) is 50.2 Å². The van der Waals surface area contributed by atoms with Gasteiger partial charge in [0, 0.05) is 32.3 Å². The van der Waals surface area contributed by atoms with Gasteiger partial charge in [0.05, 0.1) is 17.9 Å². The second kappa shape index (κ2) is 11.7. The maximum absolute atomic E-state index is 12.9. The monoisotopic (exact) mass is 533 g/mol. The lowest BCUT2D eigenvalue weighted by Crippen LogP contribution is -2.30. The molecule has 2 heterocycles. The summed E-state index contributed by atoms with van der Waals surface area (Å²) in [6.45, 7) is 3.46. The fourth-order valence-corrected chi connectivity index (χ4v) is 4.22. The first-order valence-corrected chi connectivity index (χ1v) is 12.0. The van der Waals surface area contributed by atoms with E-state index in [2.05, 4.69) is 25.4 Å². The number of halogens is 3. The number of rotatable bonds is 9. The zero-order valence-electron chi connectivity index (χ0n) is 21.3. The van der Waals surface area contributed by atoms with Crippen molar-refractivity contribution in [1.82, 2.24) is 20.0 Å². The van der Waals surface area contributed by atoms with Crippen LogP contribution in [0.3, 0.4) is 0 Å². The zero-order valence-corrected chi connectivity index (χ0v) is 21.3. The first kappa shape index (κ1) is 27.3. The molecular formula is C26H30F3N5O4. The van der Waals surface area contributed by atoms with Gasteiger partial charge in [0.1, 0.15) is 17.7 Å². The maximum atomic E-state index is 12.9. The van der Waals surface area contributed by atoms with Crippen molar-refractivity contribution in [2.45, 2.75) is 39.0 Å². The van der Waals surface area contributed by atoms with Crippen LogP contribution in [0.5, 0.6) is 11.6 Å². The summed E-state index contributed by atoms with van der Waals surface area (Å²) >= 11 is 0. The van der Waals surface area contributed by atoms with Crippen LogP contribution < -0.4 is 20.1 Å². The molecule has 1 atom stereocenters. The van der Waals surface area contributed by atoms with E-state index in [0.29, 0.717) is 28.5 Å². The Balaban J connectivity index is 1.54. The molecule has 2 aromatic carbocycles. The topological polar surface area (TPSA) is 89.9 Å². The lowest BCUT2D eigenvalue weighted by molar-refractivity contribution is -0.274. The van der Waals surface area contributed by atoms with Crippen LogP contribution >= 0.6 is 0 Å². The van der Waals surface area contributed by atoms with Crippen LogP contribution in [0, 0.1) is 6.92 Å². The van der Waals surface area contributed by atoms with Crippen LogP contribution in [0.2, 0.25) is 0 Å². The van der Waals surface area contributed by atoms with Crippen LogP contribution in [0.25, 0.3) is 5.69 Å². The summed E-state index contributed by atoms with van der Waals surface area (Å²) in [5.41, 5.74) is 2.12. The molecular weight excluding hydrogens is 503 g/mol. The molecule has 0 radical (unpaired) electrons. The molecule has 9 nitrogen and oxygen atoms in total. The number of urea groups is 1. The van der Waals surface area contributed by atoms with Gasteiger partial charge in [-0.3, -0.25) is 5.32 Å². The van der Waals surface area contributed by atoms with Crippen molar-refractivity contribution in [3.63, 3.8) is 0 Å². The molecule has 0 spiro atoms. The average molecular weight is 534 g/mol. The minimum Gasteiger partial charge on any atom is -0.472 e. The summed E-state index contributed by atoms with van der Waals surface area (Å²) in [6, 6.07) is 12.8. The van der Waals surface area contributed by atoms with E-state index in [1.165, 1.54) is 25.3 Å². The number of hydrogen-bond donors (Lipinski definition) is 2. The molecule has 1 saturated heterocycles. The van der Waals surface area contributed by atoms with E-state index in [9.17, 15) is 18.0 Å². The van der Waals surface area contributed by atoms with Crippen LogP contribution in [-0.4, -0.2) is 60.4 Å². The Hall–Kier alpha value is -3.77. The maximum Gasteiger partial charge on any atom is 0.573 e. The molecule has 1 aliphatic rings. The fraction of sp³-hybridized carbons (Fsp3) is 0.385. The van der Waals surface area contributed by atoms with E-state index in [0.717, 1.165) is 19.5 Å². The summed E-state index contributed by atoms with van der Waals surface area (Å²) in [6.07, 6.45) is -4.03. The molecule has 1 fully saturated rings. The quantitative estimate of drug-likeness (QED) is 0.417. The van der Waals surface area contributed by atoms with Gasteiger partial charge < -0.3 is 24.4 Å². The molecule has 204 valence electrons. The van der Waals surface area contributed by atoms with Crippen LogP contribution in [0.1, 0.15) is 23.1 Å². The highest BCUT2D eigenvalue weighted by Gasteiger charge is 2.32. The number of benzene rings is 2. The minimum absolute atomic E-state index is 0.0223. The Morgan fingerprint density at radius 3 is 2.61 bits per heavy atom. The van der Waals surface area contributed by atoms with Crippen molar-refractivity contribution in [2.75, 3.05) is 32.6 Å². The summed E-state index contributed by atoms with van der Waals surface area (Å²) in [4.78, 5) is 15.1. The predicted octanol–water partition coefficient (Wildman–Crippen LogP) is 4.63. The van der Waals surface area contributed by atoms with E-state index >= 15 is 0 Å². The van der Waals surface area contributed by atoms with E-state index in [1.807, 2.05) is 37.4 Å². The third-order valence-electron chi connectivity index (χ3n) is 6.04. The standard InChI is InChI=1S/C26H30F3N5O4/c1-17-23(34(20-7-5-4-6-8-20)32-24(17)37-21-11-12-33(2)15-21)31-25(35)30-14-19-13-18(16-36-3)9-10-22(19)38-26(27,28)29/h4-10,13,21H,11-12,14-16H2,1-3H3,(H2,30,31,35). The molecule has 1 aromatic heterocycles. The van der Waals surface area contributed by atoms with E-state index in [4.69, 9.17) is 9.47 Å². The van der Waals surface area contributed by atoms with E-state index < -0.39 is 18.1 Å². The van der Waals surface area contributed by atoms with Gasteiger partial charge in [-0.15, -0.1) is 18.3 Å². The number of carbonyl (C=O) groups excluding carboxylic acids is 1. The van der Waals surface area contributed by atoms with Crippen molar-refractivity contribution in [1.29, 1.82) is 0 Å². The van der Waals surface area contributed by atoms with Crippen LogP contribution in [0.4, 0.5) is 23.8 Å². The number of ether oxygens (including phenoxy) is 3. The number of likely N-dealkylation sites (N-methyl/N-ethyl adjacent to an activating group) is 1. The van der Waals surface area contributed by atoms with Crippen molar-refractivity contribution >= 4 is 11.8 Å². The van der Waals surface area contributed by atoms with Gasteiger partial charge in [0.2, 0.25) is 5.88 Å². The highest BCUT2D eigenvalue weighted by Crippen LogP contribution is 2.31. The highest BCUT2D eigenvalue weighted by molar-refractivity contribution is 5.89. The first-order valence-electron chi connectivity index (χ1n) is 12.0. The van der Waals surface area contributed by atoms with Gasteiger partial charge >= 0.3 is 12.4 Å². The number of aromatic nitrogens is 2. The third kappa shape index (κ3) is 6.95. The molecule has 1 unspecified atom stereocenters. The Morgan fingerprint density at radius 2 is 1.95 bits per heavy atom. The Labute approximate surface area is 218 Å². The molecule has 2 amide bonds. The molecule has 0 saturated carbocycles. The normalized spacial score (nSPS) is 15.9. The molecule has 0 bridgehead atoms. The average Bonchev–Trinajstić information content (AvgIpc) is 3.42. The number of anilines is 1. The second-order valence-electron chi connectivity index (χ2n) is 9.05. The summed E-state index contributed by atoms with van der Waals surface area (Å²) in [7, 11) is 3.50. The zero-order chi connectivity index (χ0) is 27.3. The largest absolute Gasteiger partial charge is 0.573 e. The van der Waals surface area contributed by atoms with E-state index in [1.54, 1.807) is 11.6 Å². The molecule has 12 heteroatoms. The molecule has 2 N–H and O–H groups in total. The van der Waals surface area contributed by atoms with Gasteiger partial charge in [0.15, 0.2) is 0 Å². The fourth-order valence-electron chi connectivity index (χ4n) is 4.22. The number of alkyl halides is 3. The number of methoxy groups -OCH3 is 1. The smallest absolute Gasteiger partial charge is 0.472 e. The molecule has 1 aliphatic heterocycles. The summed E-state index contributed by atoms with van der Waals surface area (Å²) in [5, 5.41) is 9.99. The SMILES string of the molecule is COCc1ccc(OC(F)(F)F)c(CNC(=O)Nc2c(C)c(OC3CCN(C)C3)nn2-c2ccccc2)c1. The third-order valence-corrected chi connectivity index (χ3v) is 6.04. The lowest BCUT2D eigenvalue weighted by atomic mass is 10.1. The predicted molar refractivity (Wildman–Crippen MR) is 135 cm³/mol. The lowest BCUT2D eigenvalue weighted by Gasteiger charge is -2.16. The number of para-hydroxylation sites is 1. The number of hydrogen-bond acceptors (Lipinski definition) is 6. The highest BCUT2D eigenvalue weighted by atomic mass is 19.4. The van der Waals surface area contributed by atoms with Gasteiger partial charge in [-0.1, -0.05) is 24.3 Å². The molecule has 0 aliphatic carbocycles. The number of likely N-dealkylation sites (tertiary alicyclic amines) is 1. The van der Waals surface area contributed by atoms with E-state index in [-0.39, 0.29) is 24.8 Å². The van der Waals surface area contributed by atoms with Gasteiger partial charge in [-0.2, -0.15) is 0 Å². The Kier molecular flexibility index (Phi) is 8.42. The van der Waals surface area contributed by atoms with Gasteiger partial charge in [0.25, 0.3) is 0 Å². The van der Waals surface area contributed by atoms with Crippen LogP contribution in [0.15, 0.2) is 48.5 Å². The van der Waals surface area contributed by atoms with Crippen molar-refractivity contribution < 1.29 is 32.2 Å². The number of nitrogens with zero attached hydrogens (tertiary/aromatic N) is 3.